The van der Waals surface area contributed by atoms with Crippen LogP contribution in [0.1, 0.15) is 19.3 Å². The molecule has 0 saturated heterocycles. The van der Waals surface area contributed by atoms with Gasteiger partial charge in [-0.25, -0.2) is 4.68 Å². The van der Waals surface area contributed by atoms with Gasteiger partial charge in [0.1, 0.15) is 0 Å². The molecule has 0 unspecified atom stereocenters. The first-order valence-corrected chi connectivity index (χ1v) is 8.05. The van der Waals surface area contributed by atoms with Gasteiger partial charge in [0.15, 0.2) is 5.82 Å². The second kappa shape index (κ2) is 5.49. The highest BCUT2D eigenvalue weighted by molar-refractivity contribution is 9.11. The van der Waals surface area contributed by atoms with E-state index >= 15 is 0 Å². The van der Waals surface area contributed by atoms with E-state index in [0.29, 0.717) is 25.2 Å². The van der Waals surface area contributed by atoms with Crippen molar-refractivity contribution < 1.29 is 9.90 Å². The molecule has 0 amide bonds. The van der Waals surface area contributed by atoms with Crippen LogP contribution in [0.2, 0.25) is 0 Å². The van der Waals surface area contributed by atoms with Crippen molar-refractivity contribution >= 4 is 37.8 Å². The summed E-state index contributed by atoms with van der Waals surface area (Å²) < 4.78 is 3.38. The van der Waals surface area contributed by atoms with Crippen molar-refractivity contribution in [1.82, 2.24) is 20.2 Å². The maximum absolute atomic E-state index is 11.5. The monoisotopic (exact) mass is 414 g/mol. The van der Waals surface area contributed by atoms with Crippen molar-refractivity contribution in [3.63, 3.8) is 0 Å². The molecule has 110 valence electrons. The Kier molecular flexibility index (Phi) is 3.83. The van der Waals surface area contributed by atoms with Crippen molar-refractivity contribution in [1.29, 1.82) is 0 Å². The van der Waals surface area contributed by atoms with Crippen LogP contribution in [0, 0.1) is 5.41 Å². The summed E-state index contributed by atoms with van der Waals surface area (Å²) in [6, 6.07) is 5.70. The first-order chi connectivity index (χ1) is 10.0. The van der Waals surface area contributed by atoms with Gasteiger partial charge in [-0.1, -0.05) is 22.4 Å². The minimum Gasteiger partial charge on any atom is -0.481 e. The van der Waals surface area contributed by atoms with Gasteiger partial charge in [0.25, 0.3) is 0 Å². The summed E-state index contributed by atoms with van der Waals surface area (Å²) in [4.78, 5) is 11.5. The van der Waals surface area contributed by atoms with Gasteiger partial charge >= 0.3 is 5.97 Å². The number of tetrazole rings is 1. The van der Waals surface area contributed by atoms with Crippen LogP contribution in [-0.4, -0.2) is 31.3 Å². The molecule has 1 aromatic heterocycles. The van der Waals surface area contributed by atoms with E-state index in [0.717, 1.165) is 20.9 Å². The van der Waals surface area contributed by atoms with Crippen molar-refractivity contribution in [3.8, 4) is 11.4 Å². The number of nitrogens with zero attached hydrogens (tertiary/aromatic N) is 4. The van der Waals surface area contributed by atoms with E-state index in [1.165, 1.54) is 0 Å². The van der Waals surface area contributed by atoms with Gasteiger partial charge in [0.2, 0.25) is 0 Å². The average molecular weight is 416 g/mol. The molecule has 1 aliphatic carbocycles. The van der Waals surface area contributed by atoms with Gasteiger partial charge in [-0.05, 0) is 57.4 Å². The topological polar surface area (TPSA) is 80.9 Å². The Morgan fingerprint density at radius 3 is 2.71 bits per heavy atom. The van der Waals surface area contributed by atoms with Crippen LogP contribution in [0.4, 0.5) is 0 Å². The van der Waals surface area contributed by atoms with E-state index in [1.807, 2.05) is 18.2 Å². The highest BCUT2D eigenvalue weighted by Gasteiger charge is 2.45. The Morgan fingerprint density at radius 2 is 2.14 bits per heavy atom. The van der Waals surface area contributed by atoms with Crippen LogP contribution in [0.3, 0.4) is 0 Å². The third kappa shape index (κ3) is 2.62. The molecule has 1 N–H and O–H groups in total. The predicted molar refractivity (Wildman–Crippen MR) is 82.6 cm³/mol. The molecule has 1 saturated carbocycles. The van der Waals surface area contributed by atoms with E-state index in [1.54, 1.807) is 4.68 Å². The molecular weight excluding hydrogens is 404 g/mol. The molecule has 2 aromatic rings. The quantitative estimate of drug-likeness (QED) is 0.829. The van der Waals surface area contributed by atoms with Crippen molar-refractivity contribution in [3.05, 3.63) is 27.1 Å². The molecule has 0 atom stereocenters. The molecular formula is C13H12Br2N4O2. The highest BCUT2D eigenvalue weighted by atomic mass is 79.9. The molecule has 1 aliphatic rings. The third-order valence-corrected chi connectivity index (χ3v) is 5.07. The summed E-state index contributed by atoms with van der Waals surface area (Å²) in [6.45, 7) is 0.299. The number of benzene rings is 1. The number of carboxylic acid groups (broad SMARTS) is 1. The summed E-state index contributed by atoms with van der Waals surface area (Å²) in [5, 5.41) is 21.1. The van der Waals surface area contributed by atoms with Gasteiger partial charge < -0.3 is 5.11 Å². The largest absolute Gasteiger partial charge is 0.481 e. The zero-order valence-electron chi connectivity index (χ0n) is 11.0. The first kappa shape index (κ1) is 14.6. The van der Waals surface area contributed by atoms with Gasteiger partial charge in [0.05, 0.1) is 12.0 Å². The third-order valence-electron chi connectivity index (χ3n) is 3.92. The highest BCUT2D eigenvalue weighted by Crippen LogP contribution is 2.43. The fraction of sp³-hybridized carbons (Fsp3) is 0.385. The van der Waals surface area contributed by atoms with Crippen LogP contribution in [0.25, 0.3) is 11.4 Å². The number of hydrogen-bond acceptors (Lipinski definition) is 4. The molecule has 0 radical (unpaired) electrons. The molecule has 8 heteroatoms. The molecule has 0 spiro atoms. The molecule has 1 aromatic carbocycles. The maximum Gasteiger partial charge on any atom is 0.311 e. The molecule has 6 nitrogen and oxygen atoms in total. The first-order valence-electron chi connectivity index (χ1n) is 6.47. The second-order valence-electron chi connectivity index (χ2n) is 5.22. The SMILES string of the molecule is O=C(O)C1(Cn2nnnc2-c2ccc(Br)cc2Br)CCC1. The van der Waals surface area contributed by atoms with Crippen molar-refractivity contribution in [2.75, 3.05) is 0 Å². The van der Waals surface area contributed by atoms with Crippen LogP contribution >= 0.6 is 31.9 Å². The van der Waals surface area contributed by atoms with Gasteiger partial charge in [0, 0.05) is 14.5 Å². The lowest BCUT2D eigenvalue weighted by Gasteiger charge is -2.37. The summed E-state index contributed by atoms with van der Waals surface area (Å²) >= 11 is 6.89. The minimum atomic E-state index is -0.773. The van der Waals surface area contributed by atoms with Crippen LogP contribution in [-0.2, 0) is 11.3 Å². The lowest BCUT2D eigenvalue weighted by molar-refractivity contribution is -0.156. The minimum absolute atomic E-state index is 0.299. The Balaban J connectivity index is 1.96. The average Bonchev–Trinajstić information content (AvgIpc) is 2.81. The summed E-state index contributed by atoms with van der Waals surface area (Å²) in [5.74, 6) is -0.202. The standard InChI is InChI=1S/C13H12Br2N4O2/c14-8-2-3-9(10(15)6-8)11-16-17-18-19(11)7-13(12(20)21)4-1-5-13/h2-3,6H,1,4-5,7H2,(H,20,21). The fourth-order valence-electron chi connectivity index (χ4n) is 2.50. The second-order valence-corrected chi connectivity index (χ2v) is 6.99. The lowest BCUT2D eigenvalue weighted by Crippen LogP contribution is -2.42. The zero-order valence-corrected chi connectivity index (χ0v) is 14.1. The van der Waals surface area contributed by atoms with Crippen LogP contribution in [0.5, 0.6) is 0 Å². The maximum atomic E-state index is 11.5. The van der Waals surface area contributed by atoms with E-state index in [-0.39, 0.29) is 0 Å². The number of halogens is 2. The van der Waals surface area contributed by atoms with Gasteiger partial charge in [-0.2, -0.15) is 0 Å². The van der Waals surface area contributed by atoms with Crippen molar-refractivity contribution in [2.24, 2.45) is 5.41 Å². The Labute approximate surface area is 137 Å². The summed E-state index contributed by atoms with van der Waals surface area (Å²) in [5.41, 5.74) is 0.106. The molecule has 3 rings (SSSR count). The van der Waals surface area contributed by atoms with Crippen LogP contribution in [0.15, 0.2) is 27.1 Å². The number of hydrogen-bond donors (Lipinski definition) is 1. The smallest absolute Gasteiger partial charge is 0.311 e. The fourth-order valence-corrected chi connectivity index (χ4v) is 3.73. The van der Waals surface area contributed by atoms with Gasteiger partial charge in [-0.3, -0.25) is 4.79 Å². The number of aromatic nitrogens is 4. The number of carbonyl (C=O) groups is 1. The lowest BCUT2D eigenvalue weighted by atomic mass is 9.69. The molecule has 0 bridgehead atoms. The van der Waals surface area contributed by atoms with Crippen LogP contribution < -0.4 is 0 Å². The van der Waals surface area contributed by atoms with Crippen molar-refractivity contribution in [2.45, 2.75) is 25.8 Å². The summed E-state index contributed by atoms with van der Waals surface area (Å²) in [7, 11) is 0. The normalized spacial score (nSPS) is 16.5. The Bertz CT molecular complexity index is 697. The van der Waals surface area contributed by atoms with E-state index < -0.39 is 11.4 Å². The van der Waals surface area contributed by atoms with E-state index in [9.17, 15) is 9.90 Å². The molecule has 21 heavy (non-hydrogen) atoms. The molecule has 0 aliphatic heterocycles. The van der Waals surface area contributed by atoms with Gasteiger partial charge in [-0.15, -0.1) is 5.10 Å². The molecule has 1 heterocycles. The predicted octanol–water partition coefficient (Wildman–Crippen LogP) is 3.12. The van der Waals surface area contributed by atoms with E-state index in [2.05, 4.69) is 47.4 Å². The zero-order chi connectivity index (χ0) is 15.0. The Morgan fingerprint density at radius 1 is 1.38 bits per heavy atom. The number of rotatable bonds is 4. The number of aliphatic carboxylic acids is 1. The molecule has 1 fully saturated rings. The number of carboxylic acids is 1. The Hall–Kier alpha value is -1.28. The summed E-state index contributed by atoms with van der Waals surface area (Å²) in [6.07, 6.45) is 2.28. The van der Waals surface area contributed by atoms with E-state index in [4.69, 9.17) is 0 Å².